The average molecular weight is 604 g/mol. The largest absolute Gasteiger partial charge is 0.484 e. The van der Waals surface area contributed by atoms with Gasteiger partial charge in [0.2, 0.25) is 0 Å². The van der Waals surface area contributed by atoms with Crippen LogP contribution in [-0.2, 0) is 27.9 Å². The molecule has 0 N–H and O–H groups in total. The van der Waals surface area contributed by atoms with Crippen molar-refractivity contribution < 1.29 is 17.9 Å². The lowest BCUT2D eigenvalue weighted by molar-refractivity contribution is -0.135. The Kier molecular flexibility index (Phi) is 9.47. The number of anilines is 1. The first kappa shape index (κ1) is 29.6. The van der Waals surface area contributed by atoms with Gasteiger partial charge in [-0.1, -0.05) is 71.8 Å². The van der Waals surface area contributed by atoms with Crippen molar-refractivity contribution in [1.29, 1.82) is 0 Å². The van der Waals surface area contributed by atoms with Crippen LogP contribution in [0.15, 0.2) is 108 Å². The number of benzene rings is 4. The fraction of sp³-hybridized carbons (Fsp3) is 0.242. The molecule has 0 bridgehead atoms. The molecule has 0 aromatic heterocycles. The minimum atomic E-state index is -3.86. The zero-order chi connectivity index (χ0) is 29.5. The number of hydrogen-bond acceptors (Lipinski definition) is 5. The van der Waals surface area contributed by atoms with E-state index < -0.39 is 10.0 Å². The highest BCUT2D eigenvalue weighted by molar-refractivity contribution is 7.92. The molecule has 1 fully saturated rings. The van der Waals surface area contributed by atoms with Crippen molar-refractivity contribution in [1.82, 2.24) is 9.80 Å². The van der Waals surface area contributed by atoms with Crippen LogP contribution in [0.2, 0.25) is 5.02 Å². The number of ether oxygens (including phenoxy) is 1. The Morgan fingerprint density at radius 1 is 0.810 bits per heavy atom. The lowest BCUT2D eigenvalue weighted by Gasteiger charge is -2.34. The van der Waals surface area contributed by atoms with Gasteiger partial charge in [-0.25, -0.2) is 8.42 Å². The number of halogens is 1. The number of nitrogens with zero attached hydrogens (tertiary/aromatic N) is 3. The quantitative estimate of drug-likeness (QED) is 0.230. The van der Waals surface area contributed by atoms with Gasteiger partial charge in [-0.05, 0) is 66.6 Å². The zero-order valence-corrected chi connectivity index (χ0v) is 25.1. The molecule has 1 amide bonds. The summed E-state index contributed by atoms with van der Waals surface area (Å²) in [4.78, 5) is 17.2. The normalized spacial score (nSPS) is 14.0. The lowest BCUT2D eigenvalue weighted by Crippen LogP contribution is -2.49. The minimum Gasteiger partial charge on any atom is -0.484 e. The van der Waals surface area contributed by atoms with E-state index in [1.54, 1.807) is 60.7 Å². The van der Waals surface area contributed by atoms with E-state index in [-0.39, 0.29) is 24.0 Å². The Morgan fingerprint density at radius 3 is 2.10 bits per heavy atom. The summed E-state index contributed by atoms with van der Waals surface area (Å²) >= 11 is 6.05. The number of carbonyl (C=O) groups excluding carboxylic acids is 1. The van der Waals surface area contributed by atoms with Crippen LogP contribution >= 0.6 is 11.6 Å². The molecule has 1 aliphatic heterocycles. The van der Waals surface area contributed by atoms with Crippen molar-refractivity contribution in [2.45, 2.75) is 24.9 Å². The molecule has 1 heterocycles. The number of aryl methyl sites for hydroxylation is 1. The molecular formula is C33H34ClN3O4S. The molecule has 0 atom stereocenters. The summed E-state index contributed by atoms with van der Waals surface area (Å²) in [5.74, 6) is 0.429. The van der Waals surface area contributed by atoms with Gasteiger partial charge in [-0.2, -0.15) is 0 Å². The van der Waals surface area contributed by atoms with E-state index in [1.165, 1.54) is 9.87 Å². The third kappa shape index (κ3) is 7.50. The van der Waals surface area contributed by atoms with Gasteiger partial charge in [0.1, 0.15) is 5.75 Å². The first-order valence-electron chi connectivity index (χ1n) is 13.9. The van der Waals surface area contributed by atoms with Crippen LogP contribution in [0.4, 0.5) is 5.69 Å². The predicted molar refractivity (Wildman–Crippen MR) is 166 cm³/mol. The van der Waals surface area contributed by atoms with E-state index >= 15 is 0 Å². The first-order chi connectivity index (χ1) is 20.3. The summed E-state index contributed by atoms with van der Waals surface area (Å²) in [6.07, 6.45) is 0. The van der Waals surface area contributed by atoms with Gasteiger partial charge < -0.3 is 9.64 Å². The van der Waals surface area contributed by atoms with E-state index in [0.29, 0.717) is 29.5 Å². The number of rotatable bonds is 10. The molecule has 0 unspecified atom stereocenters. The molecule has 9 heteroatoms. The highest BCUT2D eigenvalue weighted by atomic mass is 35.5. The molecule has 1 aliphatic rings. The van der Waals surface area contributed by atoms with Crippen LogP contribution < -0.4 is 9.04 Å². The first-order valence-corrected chi connectivity index (χ1v) is 15.7. The fourth-order valence-electron chi connectivity index (χ4n) is 4.85. The molecule has 42 heavy (non-hydrogen) atoms. The van der Waals surface area contributed by atoms with Crippen LogP contribution in [0.25, 0.3) is 0 Å². The predicted octanol–water partition coefficient (Wildman–Crippen LogP) is 5.77. The topological polar surface area (TPSA) is 70.2 Å². The maximum Gasteiger partial charge on any atom is 0.264 e. The van der Waals surface area contributed by atoms with Crippen molar-refractivity contribution in [2.75, 3.05) is 37.1 Å². The molecule has 0 aliphatic carbocycles. The fourth-order valence-corrected chi connectivity index (χ4v) is 6.43. The molecule has 1 saturated heterocycles. The second-order valence-corrected chi connectivity index (χ2v) is 12.7. The zero-order valence-electron chi connectivity index (χ0n) is 23.5. The van der Waals surface area contributed by atoms with Crippen LogP contribution in [0, 0.1) is 6.92 Å². The molecule has 5 rings (SSSR count). The Labute approximate surface area is 252 Å². The summed E-state index contributed by atoms with van der Waals surface area (Å²) in [5.41, 5.74) is 3.52. The van der Waals surface area contributed by atoms with E-state index in [0.717, 1.165) is 30.8 Å². The van der Waals surface area contributed by atoms with Gasteiger partial charge in [0.25, 0.3) is 15.9 Å². The summed E-state index contributed by atoms with van der Waals surface area (Å²) < 4.78 is 34.6. The molecule has 4 aromatic rings. The van der Waals surface area contributed by atoms with Gasteiger partial charge in [-0.15, -0.1) is 0 Å². The summed E-state index contributed by atoms with van der Waals surface area (Å²) in [6, 6.07) is 31.0. The highest BCUT2D eigenvalue weighted by Gasteiger charge is 2.26. The monoisotopic (exact) mass is 603 g/mol. The van der Waals surface area contributed by atoms with E-state index in [2.05, 4.69) is 17.0 Å². The standard InChI is InChI=1S/C33H34ClN3O4S/c1-26-7-17-32(18-8-26)42(39,40)37(24-28-9-11-29(34)12-10-28)30-13-15-31(16-14-30)41-25-33(38)36-21-19-35(20-22-36)23-27-5-3-2-4-6-27/h2-18H,19-25H2,1H3. The third-order valence-corrected chi connectivity index (χ3v) is 9.35. The molecule has 218 valence electrons. The van der Waals surface area contributed by atoms with Gasteiger partial charge >= 0.3 is 0 Å². The average Bonchev–Trinajstić information content (AvgIpc) is 3.01. The SMILES string of the molecule is Cc1ccc(S(=O)(=O)N(Cc2ccc(Cl)cc2)c2ccc(OCC(=O)N3CCN(Cc4ccccc4)CC3)cc2)cc1. The van der Waals surface area contributed by atoms with Crippen molar-refractivity contribution >= 4 is 33.2 Å². The summed E-state index contributed by atoms with van der Waals surface area (Å²) in [7, 11) is -3.86. The van der Waals surface area contributed by atoms with Crippen LogP contribution in [0.5, 0.6) is 5.75 Å². The van der Waals surface area contributed by atoms with Crippen LogP contribution in [0.1, 0.15) is 16.7 Å². The van der Waals surface area contributed by atoms with Crippen molar-refractivity contribution in [3.8, 4) is 5.75 Å². The smallest absolute Gasteiger partial charge is 0.264 e. The number of amides is 1. The number of carbonyl (C=O) groups is 1. The second-order valence-electron chi connectivity index (χ2n) is 10.4. The second kappa shape index (κ2) is 13.4. The maximum atomic E-state index is 13.7. The van der Waals surface area contributed by atoms with E-state index in [9.17, 15) is 13.2 Å². The van der Waals surface area contributed by atoms with Crippen LogP contribution in [0.3, 0.4) is 0 Å². The molecule has 4 aromatic carbocycles. The van der Waals surface area contributed by atoms with Gasteiger partial charge in [-0.3, -0.25) is 14.0 Å². The van der Waals surface area contributed by atoms with Gasteiger partial charge in [0, 0.05) is 37.7 Å². The number of sulfonamides is 1. The minimum absolute atomic E-state index is 0.0650. The molecular weight excluding hydrogens is 570 g/mol. The maximum absolute atomic E-state index is 13.7. The highest BCUT2D eigenvalue weighted by Crippen LogP contribution is 2.28. The van der Waals surface area contributed by atoms with E-state index in [1.807, 2.05) is 42.2 Å². The van der Waals surface area contributed by atoms with Crippen molar-refractivity contribution in [2.24, 2.45) is 0 Å². The van der Waals surface area contributed by atoms with Gasteiger partial charge in [0.15, 0.2) is 6.61 Å². The van der Waals surface area contributed by atoms with Crippen molar-refractivity contribution in [3.63, 3.8) is 0 Å². The summed E-state index contributed by atoms with van der Waals surface area (Å²) in [5, 5.41) is 0.580. The third-order valence-electron chi connectivity index (χ3n) is 7.31. The molecule has 0 spiro atoms. The Balaban J connectivity index is 1.22. The number of hydrogen-bond donors (Lipinski definition) is 0. The molecule has 7 nitrogen and oxygen atoms in total. The van der Waals surface area contributed by atoms with Crippen LogP contribution in [-0.4, -0.2) is 56.9 Å². The summed E-state index contributed by atoms with van der Waals surface area (Å²) in [6.45, 7) is 5.78. The van der Waals surface area contributed by atoms with Gasteiger partial charge in [0.05, 0.1) is 17.1 Å². The van der Waals surface area contributed by atoms with E-state index in [4.69, 9.17) is 16.3 Å². The number of piperazine rings is 1. The lowest BCUT2D eigenvalue weighted by atomic mass is 10.2. The van der Waals surface area contributed by atoms with Crippen molar-refractivity contribution in [3.05, 3.63) is 125 Å². The molecule has 0 saturated carbocycles. The Morgan fingerprint density at radius 2 is 1.45 bits per heavy atom. The molecule has 0 radical (unpaired) electrons. The Bertz CT molecular complexity index is 1570. The Hall–Kier alpha value is -3.85.